The number of ketones is 1. The Balaban J connectivity index is 1.56. The van der Waals surface area contributed by atoms with Gasteiger partial charge in [-0.15, -0.1) is 0 Å². The van der Waals surface area contributed by atoms with Crippen LogP contribution in [0.2, 0.25) is 0 Å². The van der Waals surface area contributed by atoms with Crippen LogP contribution in [0.15, 0.2) is 104 Å². The van der Waals surface area contributed by atoms with E-state index in [9.17, 15) is 4.79 Å². The van der Waals surface area contributed by atoms with E-state index in [2.05, 4.69) is 17.1 Å². The van der Waals surface area contributed by atoms with Gasteiger partial charge in [-0.1, -0.05) is 30.3 Å². The maximum Gasteiger partial charge on any atom is 0.210 e. The van der Waals surface area contributed by atoms with Gasteiger partial charge in [-0.05, 0) is 35.4 Å². The highest BCUT2D eigenvalue weighted by Gasteiger charge is 2.11. The molecule has 0 saturated carbocycles. The number of carbonyl (C=O) groups is 1. The molecule has 2 aromatic heterocycles. The fourth-order valence-electron chi connectivity index (χ4n) is 2.88. The lowest BCUT2D eigenvalue weighted by Gasteiger charge is -2.02. The summed E-state index contributed by atoms with van der Waals surface area (Å²) in [5.74, 6) is 0.0372. The first kappa shape index (κ1) is 15.9. The van der Waals surface area contributed by atoms with Crippen LogP contribution in [0.5, 0.6) is 0 Å². The minimum atomic E-state index is 0.0372. The van der Waals surface area contributed by atoms with Crippen molar-refractivity contribution in [3.05, 3.63) is 115 Å². The zero-order valence-corrected chi connectivity index (χ0v) is 14.1. The second-order valence-corrected chi connectivity index (χ2v) is 5.97. The first-order valence-electron chi connectivity index (χ1n) is 8.43. The van der Waals surface area contributed by atoms with E-state index in [-0.39, 0.29) is 5.78 Å². The molecule has 0 atom stereocenters. The maximum atomic E-state index is 12.5. The van der Waals surface area contributed by atoms with Gasteiger partial charge in [0.05, 0.1) is 0 Å². The summed E-state index contributed by atoms with van der Waals surface area (Å²) in [4.78, 5) is 16.5. The lowest BCUT2D eigenvalue weighted by molar-refractivity contribution is -0.595. The smallest absolute Gasteiger partial charge is 0.210 e. The SMILES string of the molecule is O=C(c1ccccc1)c1ccc(-[n+]2ccc(-c3ccncc3)cc2)cc1. The first-order chi connectivity index (χ1) is 12.8. The van der Waals surface area contributed by atoms with E-state index in [1.807, 2.05) is 83.7 Å². The fourth-order valence-corrected chi connectivity index (χ4v) is 2.88. The van der Waals surface area contributed by atoms with Crippen LogP contribution in [0.3, 0.4) is 0 Å². The lowest BCUT2D eigenvalue weighted by atomic mass is 10.0. The molecule has 0 saturated heterocycles. The maximum absolute atomic E-state index is 12.5. The Morgan fingerprint density at radius 2 is 1.23 bits per heavy atom. The molecule has 0 amide bonds. The zero-order valence-electron chi connectivity index (χ0n) is 14.1. The van der Waals surface area contributed by atoms with E-state index in [1.54, 1.807) is 12.4 Å². The third-order valence-electron chi connectivity index (χ3n) is 4.31. The molecule has 0 unspecified atom stereocenters. The Morgan fingerprint density at radius 3 is 1.88 bits per heavy atom. The second-order valence-electron chi connectivity index (χ2n) is 5.97. The number of rotatable bonds is 4. The average molecular weight is 337 g/mol. The molecule has 0 aliphatic heterocycles. The van der Waals surface area contributed by atoms with Crippen LogP contribution in [-0.2, 0) is 0 Å². The largest absolute Gasteiger partial charge is 0.289 e. The molecule has 0 radical (unpaired) electrons. The Labute approximate surface area is 152 Å². The third-order valence-corrected chi connectivity index (χ3v) is 4.31. The monoisotopic (exact) mass is 337 g/mol. The van der Waals surface area contributed by atoms with Crippen molar-refractivity contribution < 1.29 is 9.36 Å². The molecular formula is C23H17N2O+. The summed E-state index contributed by atoms with van der Waals surface area (Å²) in [7, 11) is 0. The summed E-state index contributed by atoms with van der Waals surface area (Å²) < 4.78 is 2.03. The molecule has 0 aliphatic rings. The molecule has 124 valence electrons. The van der Waals surface area contributed by atoms with E-state index >= 15 is 0 Å². The number of hydrogen-bond donors (Lipinski definition) is 0. The van der Waals surface area contributed by atoms with Gasteiger partial charge in [-0.25, -0.2) is 0 Å². The van der Waals surface area contributed by atoms with Gasteiger partial charge in [0.15, 0.2) is 18.2 Å². The van der Waals surface area contributed by atoms with Crippen molar-refractivity contribution in [1.29, 1.82) is 0 Å². The van der Waals surface area contributed by atoms with Crippen LogP contribution in [0.25, 0.3) is 16.8 Å². The minimum absolute atomic E-state index is 0.0372. The van der Waals surface area contributed by atoms with Crippen molar-refractivity contribution in [2.45, 2.75) is 0 Å². The van der Waals surface area contributed by atoms with Crippen LogP contribution in [0.1, 0.15) is 15.9 Å². The van der Waals surface area contributed by atoms with E-state index in [0.29, 0.717) is 11.1 Å². The average Bonchev–Trinajstić information content (AvgIpc) is 2.75. The summed E-state index contributed by atoms with van der Waals surface area (Å²) in [6.45, 7) is 0. The van der Waals surface area contributed by atoms with E-state index in [4.69, 9.17) is 0 Å². The minimum Gasteiger partial charge on any atom is -0.289 e. The highest BCUT2D eigenvalue weighted by Crippen LogP contribution is 2.16. The van der Waals surface area contributed by atoms with Crippen LogP contribution in [0, 0.1) is 0 Å². The topological polar surface area (TPSA) is 33.8 Å². The van der Waals surface area contributed by atoms with Crippen molar-refractivity contribution in [2.75, 3.05) is 0 Å². The van der Waals surface area contributed by atoms with Gasteiger partial charge in [0.25, 0.3) is 0 Å². The molecule has 3 nitrogen and oxygen atoms in total. The third kappa shape index (κ3) is 3.28. The number of aromatic nitrogens is 2. The van der Waals surface area contributed by atoms with E-state index < -0.39 is 0 Å². The predicted molar refractivity (Wildman–Crippen MR) is 101 cm³/mol. The molecule has 0 bridgehead atoms. The lowest BCUT2D eigenvalue weighted by Crippen LogP contribution is -2.29. The summed E-state index contributed by atoms with van der Waals surface area (Å²) in [5.41, 5.74) is 4.68. The summed E-state index contributed by atoms with van der Waals surface area (Å²) in [6.07, 6.45) is 7.62. The van der Waals surface area contributed by atoms with Crippen molar-refractivity contribution in [1.82, 2.24) is 4.98 Å². The number of pyridine rings is 2. The molecule has 3 heteroatoms. The molecule has 0 aliphatic carbocycles. The van der Waals surface area contributed by atoms with Gasteiger partial charge in [0.2, 0.25) is 5.69 Å². The standard InChI is InChI=1S/C23H17N2O/c26-23(20-4-2-1-3-5-20)21-6-8-22(9-7-21)25-16-12-19(13-17-25)18-10-14-24-15-11-18/h1-17H/q+1. The second kappa shape index (κ2) is 7.11. The van der Waals surface area contributed by atoms with Crippen LogP contribution in [-0.4, -0.2) is 10.8 Å². The van der Waals surface area contributed by atoms with Crippen molar-refractivity contribution in [3.8, 4) is 16.8 Å². The number of hydrogen-bond acceptors (Lipinski definition) is 2. The van der Waals surface area contributed by atoms with Gasteiger partial charge in [-0.2, -0.15) is 4.57 Å². The van der Waals surface area contributed by atoms with Crippen LogP contribution >= 0.6 is 0 Å². The molecule has 0 spiro atoms. The molecule has 0 fully saturated rings. The molecule has 2 aromatic carbocycles. The van der Waals surface area contributed by atoms with Gasteiger partial charge in [0, 0.05) is 47.8 Å². The van der Waals surface area contributed by atoms with Crippen molar-refractivity contribution in [2.24, 2.45) is 0 Å². The Morgan fingerprint density at radius 1 is 0.654 bits per heavy atom. The highest BCUT2D eigenvalue weighted by atomic mass is 16.1. The van der Waals surface area contributed by atoms with Gasteiger partial charge in [0.1, 0.15) is 0 Å². The molecule has 4 rings (SSSR count). The highest BCUT2D eigenvalue weighted by molar-refractivity contribution is 6.08. The molecular weight excluding hydrogens is 320 g/mol. The van der Waals surface area contributed by atoms with Gasteiger partial charge in [-0.3, -0.25) is 9.78 Å². The Bertz CT molecular complexity index is 1010. The number of benzene rings is 2. The van der Waals surface area contributed by atoms with Crippen molar-refractivity contribution >= 4 is 5.78 Å². The normalized spacial score (nSPS) is 10.5. The predicted octanol–water partition coefficient (Wildman–Crippen LogP) is 4.26. The first-order valence-corrected chi connectivity index (χ1v) is 8.43. The number of nitrogens with zero attached hydrogens (tertiary/aromatic N) is 2. The van der Waals surface area contributed by atoms with E-state index in [0.717, 1.165) is 16.8 Å². The Kier molecular flexibility index (Phi) is 4.35. The summed E-state index contributed by atoms with van der Waals surface area (Å²) in [5, 5.41) is 0. The summed E-state index contributed by atoms with van der Waals surface area (Å²) >= 11 is 0. The molecule has 4 aromatic rings. The van der Waals surface area contributed by atoms with E-state index in [1.165, 1.54) is 0 Å². The zero-order chi connectivity index (χ0) is 17.8. The molecule has 2 heterocycles. The van der Waals surface area contributed by atoms with Gasteiger partial charge >= 0.3 is 0 Å². The Hall–Kier alpha value is -3.59. The fraction of sp³-hybridized carbons (Fsp3) is 0. The number of carbonyl (C=O) groups excluding carboxylic acids is 1. The van der Waals surface area contributed by atoms with Crippen LogP contribution in [0.4, 0.5) is 0 Å². The van der Waals surface area contributed by atoms with Crippen LogP contribution < -0.4 is 4.57 Å². The summed E-state index contributed by atoms with van der Waals surface area (Å²) in [6, 6.07) is 25.1. The van der Waals surface area contributed by atoms with Gasteiger partial charge < -0.3 is 0 Å². The van der Waals surface area contributed by atoms with Crippen molar-refractivity contribution in [3.63, 3.8) is 0 Å². The molecule has 0 N–H and O–H groups in total. The quantitative estimate of drug-likeness (QED) is 0.412. The molecule has 26 heavy (non-hydrogen) atoms.